The van der Waals surface area contributed by atoms with Crippen molar-refractivity contribution in [2.75, 3.05) is 13.2 Å². The van der Waals surface area contributed by atoms with Crippen LogP contribution in [0.5, 0.6) is 0 Å². The molecule has 0 aliphatic carbocycles. The molecule has 2 aliphatic heterocycles. The van der Waals surface area contributed by atoms with Crippen LogP contribution in [0, 0.1) is 0 Å². The highest BCUT2D eigenvalue weighted by atomic mass is 16.7. The molecule has 10 atom stereocenters. The minimum Gasteiger partial charge on any atom is -0.463 e. The van der Waals surface area contributed by atoms with Gasteiger partial charge in [0.25, 0.3) is 0 Å². The van der Waals surface area contributed by atoms with Crippen LogP contribution in [-0.2, 0) is 42.8 Å². The van der Waals surface area contributed by atoms with Gasteiger partial charge < -0.3 is 54.0 Å². The molecule has 184 valence electrons. The van der Waals surface area contributed by atoms with Gasteiger partial charge in [-0.25, -0.2) is 0 Å². The summed E-state index contributed by atoms with van der Waals surface area (Å²) in [6.45, 7) is 2.29. The molecule has 2 saturated heterocycles. The van der Waals surface area contributed by atoms with E-state index in [1.165, 1.54) is 0 Å². The molecule has 5 N–H and O–H groups in total. The standard InChI is InChI=1S/C18H28O14/c1-6(19)27-4-9-11(22)12(23)13(24)18(31-9)32-15-10(5-28-7(2)20)30-17(26)16(14(15)25)29-8(3)21/h9-18,22-26H,4-5H2,1-3H3/t9?,10?,11-,12?,13?,14?,15+,16?,17?,18-/m0/s1. The number of ether oxygens (including phenoxy) is 6. The van der Waals surface area contributed by atoms with Gasteiger partial charge >= 0.3 is 17.9 Å². The molecule has 0 saturated carbocycles. The predicted molar refractivity (Wildman–Crippen MR) is 97.3 cm³/mol. The highest BCUT2D eigenvalue weighted by Crippen LogP contribution is 2.30. The highest BCUT2D eigenvalue weighted by molar-refractivity contribution is 5.66. The number of aliphatic hydroxyl groups is 5. The average Bonchev–Trinajstić information content (AvgIpc) is 2.70. The Morgan fingerprint density at radius 3 is 1.78 bits per heavy atom. The molecule has 14 nitrogen and oxygen atoms in total. The number of aliphatic hydroxyl groups excluding tert-OH is 5. The molecule has 7 unspecified atom stereocenters. The first-order valence-corrected chi connectivity index (χ1v) is 9.73. The van der Waals surface area contributed by atoms with Gasteiger partial charge in [-0.1, -0.05) is 0 Å². The number of rotatable bonds is 7. The van der Waals surface area contributed by atoms with Gasteiger partial charge in [0, 0.05) is 20.8 Å². The fourth-order valence-electron chi connectivity index (χ4n) is 3.25. The zero-order valence-corrected chi connectivity index (χ0v) is 17.6. The molecule has 14 heteroatoms. The summed E-state index contributed by atoms with van der Waals surface area (Å²) in [4.78, 5) is 33.5. The number of carbonyl (C=O) groups is 3. The highest BCUT2D eigenvalue weighted by Gasteiger charge is 2.52. The minimum atomic E-state index is -1.82. The molecule has 2 aliphatic rings. The maximum absolute atomic E-state index is 11.3. The van der Waals surface area contributed by atoms with Crippen molar-refractivity contribution >= 4 is 17.9 Å². The van der Waals surface area contributed by atoms with E-state index in [2.05, 4.69) is 0 Å². The quantitative estimate of drug-likeness (QED) is 0.180. The Bertz CT molecular complexity index is 668. The molecule has 2 heterocycles. The summed E-state index contributed by atoms with van der Waals surface area (Å²) >= 11 is 0. The van der Waals surface area contributed by atoms with Gasteiger partial charge in [-0.05, 0) is 0 Å². The van der Waals surface area contributed by atoms with Crippen molar-refractivity contribution in [2.24, 2.45) is 0 Å². The van der Waals surface area contributed by atoms with Crippen molar-refractivity contribution in [3.05, 3.63) is 0 Å². The molecule has 2 fully saturated rings. The van der Waals surface area contributed by atoms with Crippen molar-refractivity contribution in [1.29, 1.82) is 0 Å². The van der Waals surface area contributed by atoms with Crippen LogP contribution in [0.15, 0.2) is 0 Å². The lowest BCUT2D eigenvalue weighted by atomic mass is 9.97. The zero-order valence-electron chi connectivity index (χ0n) is 17.6. The molecular formula is C18H28O14. The van der Waals surface area contributed by atoms with Crippen LogP contribution in [0.25, 0.3) is 0 Å². The first kappa shape index (κ1) is 26.3. The van der Waals surface area contributed by atoms with E-state index in [4.69, 9.17) is 28.4 Å². The summed E-state index contributed by atoms with van der Waals surface area (Å²) < 4.78 is 30.7. The number of hydrogen-bond acceptors (Lipinski definition) is 14. The molecule has 0 aromatic heterocycles. The normalized spacial score (nSPS) is 39.8. The maximum atomic E-state index is 11.3. The summed E-state index contributed by atoms with van der Waals surface area (Å²) in [7, 11) is 0. The van der Waals surface area contributed by atoms with Crippen LogP contribution in [0.4, 0.5) is 0 Å². The maximum Gasteiger partial charge on any atom is 0.303 e. The molecule has 0 amide bonds. The average molecular weight is 468 g/mol. The lowest BCUT2D eigenvalue weighted by Crippen LogP contribution is -2.65. The fraction of sp³-hybridized carbons (Fsp3) is 0.833. The second-order valence-corrected chi connectivity index (χ2v) is 7.35. The van der Waals surface area contributed by atoms with E-state index in [1.54, 1.807) is 0 Å². The van der Waals surface area contributed by atoms with E-state index >= 15 is 0 Å². The minimum absolute atomic E-state index is 0.477. The molecular weight excluding hydrogens is 440 g/mol. The molecule has 2 rings (SSSR count). The Hall–Kier alpha value is -1.91. The summed E-state index contributed by atoms with van der Waals surface area (Å²) in [5.41, 5.74) is 0. The molecule has 32 heavy (non-hydrogen) atoms. The Labute approximate surface area is 182 Å². The van der Waals surface area contributed by atoms with Crippen molar-refractivity contribution in [3.8, 4) is 0 Å². The van der Waals surface area contributed by atoms with Crippen molar-refractivity contribution in [1.82, 2.24) is 0 Å². The van der Waals surface area contributed by atoms with Gasteiger partial charge in [0.1, 0.15) is 55.9 Å². The fourth-order valence-corrected chi connectivity index (χ4v) is 3.25. The summed E-state index contributed by atoms with van der Waals surface area (Å²) in [5, 5.41) is 51.2. The smallest absolute Gasteiger partial charge is 0.303 e. The number of carbonyl (C=O) groups excluding carboxylic acids is 3. The topological polar surface area (TPSA) is 208 Å². The van der Waals surface area contributed by atoms with Gasteiger partial charge in [-0.15, -0.1) is 0 Å². The zero-order chi connectivity index (χ0) is 24.2. The number of hydrogen-bond donors (Lipinski definition) is 5. The van der Waals surface area contributed by atoms with E-state index in [1.807, 2.05) is 0 Å². The Morgan fingerprint density at radius 1 is 0.688 bits per heavy atom. The summed E-state index contributed by atoms with van der Waals surface area (Å²) in [5.74, 6) is -2.23. The third kappa shape index (κ3) is 6.55. The van der Waals surface area contributed by atoms with Gasteiger partial charge in [-0.3, -0.25) is 14.4 Å². The molecule has 0 spiro atoms. The summed E-state index contributed by atoms with van der Waals surface area (Å²) in [6, 6.07) is 0. The van der Waals surface area contributed by atoms with E-state index in [9.17, 15) is 39.9 Å². The van der Waals surface area contributed by atoms with Crippen LogP contribution in [0.2, 0.25) is 0 Å². The van der Waals surface area contributed by atoms with Gasteiger partial charge in [0.2, 0.25) is 0 Å². The van der Waals surface area contributed by atoms with Crippen LogP contribution in [-0.4, -0.2) is 118 Å². The van der Waals surface area contributed by atoms with Gasteiger partial charge in [0.05, 0.1) is 0 Å². The van der Waals surface area contributed by atoms with E-state index in [0.717, 1.165) is 20.8 Å². The van der Waals surface area contributed by atoms with Gasteiger partial charge in [-0.2, -0.15) is 0 Å². The van der Waals surface area contributed by atoms with Crippen LogP contribution >= 0.6 is 0 Å². The molecule has 0 aromatic rings. The largest absolute Gasteiger partial charge is 0.463 e. The van der Waals surface area contributed by atoms with E-state index in [0.29, 0.717) is 0 Å². The van der Waals surface area contributed by atoms with E-state index < -0.39 is 92.5 Å². The first-order valence-electron chi connectivity index (χ1n) is 9.73. The third-order valence-electron chi connectivity index (χ3n) is 4.80. The van der Waals surface area contributed by atoms with Crippen molar-refractivity contribution in [2.45, 2.75) is 82.2 Å². The van der Waals surface area contributed by atoms with E-state index in [-0.39, 0.29) is 0 Å². The Balaban J connectivity index is 2.22. The second-order valence-electron chi connectivity index (χ2n) is 7.35. The lowest BCUT2D eigenvalue weighted by molar-refractivity contribution is -0.355. The van der Waals surface area contributed by atoms with Crippen LogP contribution in [0.3, 0.4) is 0 Å². The van der Waals surface area contributed by atoms with Crippen molar-refractivity contribution < 1.29 is 68.3 Å². The number of esters is 3. The third-order valence-corrected chi connectivity index (χ3v) is 4.80. The Morgan fingerprint density at radius 2 is 1.25 bits per heavy atom. The molecule has 0 radical (unpaired) electrons. The molecule has 0 aromatic carbocycles. The van der Waals surface area contributed by atoms with Crippen LogP contribution < -0.4 is 0 Å². The predicted octanol–water partition coefficient (Wildman–Crippen LogP) is -3.68. The monoisotopic (exact) mass is 468 g/mol. The molecule has 0 bridgehead atoms. The van der Waals surface area contributed by atoms with Gasteiger partial charge in [0.15, 0.2) is 18.7 Å². The second kappa shape index (κ2) is 11.3. The van der Waals surface area contributed by atoms with Crippen LogP contribution in [0.1, 0.15) is 20.8 Å². The Kier molecular flexibility index (Phi) is 9.29. The SMILES string of the molecule is CC(=O)OCC1O[C@@H](O[C@@H]2C(COC(C)=O)OC(O)C(OC(C)=O)C2O)C(O)C(O)[C@H]1O. The lowest BCUT2D eigenvalue weighted by Gasteiger charge is -2.46. The summed E-state index contributed by atoms with van der Waals surface area (Å²) in [6.07, 6.45) is -16.2. The van der Waals surface area contributed by atoms with Crippen molar-refractivity contribution in [3.63, 3.8) is 0 Å². The first-order chi connectivity index (χ1) is 14.9.